The summed E-state index contributed by atoms with van der Waals surface area (Å²) < 4.78 is 37.2. The van der Waals surface area contributed by atoms with Gasteiger partial charge in [-0.05, 0) is 55.7 Å². The summed E-state index contributed by atoms with van der Waals surface area (Å²) in [5.74, 6) is 0.187. The minimum absolute atomic E-state index is 0.126. The van der Waals surface area contributed by atoms with E-state index in [0.717, 1.165) is 21.7 Å². The van der Waals surface area contributed by atoms with E-state index in [1.807, 2.05) is 26.0 Å². The van der Waals surface area contributed by atoms with Crippen LogP contribution in [-0.2, 0) is 26.2 Å². The highest BCUT2D eigenvalue weighted by Crippen LogP contribution is 2.31. The largest absolute Gasteiger partial charge is 0.497 e. The van der Waals surface area contributed by atoms with Crippen molar-refractivity contribution in [2.45, 2.75) is 39.8 Å². The van der Waals surface area contributed by atoms with Crippen molar-refractivity contribution in [2.24, 2.45) is 0 Å². The fraction of sp³-hybridized carbons (Fsp3) is 0.440. The fourth-order valence-corrected chi connectivity index (χ4v) is 4.57. The number of aryl methyl sites for hydroxylation is 1. The summed E-state index contributed by atoms with van der Waals surface area (Å²) >= 11 is 0. The van der Waals surface area contributed by atoms with Crippen LogP contribution in [-0.4, -0.2) is 64.7 Å². The molecule has 2 aromatic rings. The lowest BCUT2D eigenvalue weighted by molar-refractivity contribution is -0.140. The average molecular weight is 506 g/mol. The van der Waals surface area contributed by atoms with E-state index in [1.54, 1.807) is 44.4 Å². The number of hydrogen-bond donors (Lipinski definition) is 1. The highest BCUT2D eigenvalue weighted by molar-refractivity contribution is 7.92. The van der Waals surface area contributed by atoms with Crippen LogP contribution in [0.1, 0.15) is 31.4 Å². The minimum Gasteiger partial charge on any atom is -0.497 e. The van der Waals surface area contributed by atoms with Gasteiger partial charge in [0.25, 0.3) is 0 Å². The van der Waals surface area contributed by atoms with Gasteiger partial charge in [-0.15, -0.1) is 0 Å². The van der Waals surface area contributed by atoms with E-state index in [2.05, 4.69) is 5.32 Å². The number of carbonyl (C=O) groups is 2. The lowest BCUT2D eigenvalue weighted by atomic mass is 10.1. The van der Waals surface area contributed by atoms with Gasteiger partial charge in [0.05, 0.1) is 26.2 Å². The van der Waals surface area contributed by atoms with Crippen molar-refractivity contribution in [2.75, 3.05) is 37.9 Å². The highest BCUT2D eigenvalue weighted by Gasteiger charge is 2.32. The Morgan fingerprint density at radius 1 is 1.03 bits per heavy atom. The van der Waals surface area contributed by atoms with Crippen LogP contribution in [0.3, 0.4) is 0 Å². The number of likely N-dealkylation sites (N-methyl/N-ethyl adjacent to an activating group) is 1. The van der Waals surface area contributed by atoms with Crippen LogP contribution in [0.25, 0.3) is 0 Å². The predicted octanol–water partition coefficient (Wildman–Crippen LogP) is 2.72. The van der Waals surface area contributed by atoms with Crippen LogP contribution < -0.4 is 19.1 Å². The summed E-state index contributed by atoms with van der Waals surface area (Å²) in [6.45, 7) is 5.49. The Kier molecular flexibility index (Phi) is 9.94. The Morgan fingerprint density at radius 2 is 1.69 bits per heavy atom. The van der Waals surface area contributed by atoms with Gasteiger partial charge in [-0.3, -0.25) is 13.9 Å². The molecule has 0 spiro atoms. The third-order valence-electron chi connectivity index (χ3n) is 5.53. The van der Waals surface area contributed by atoms with Crippen molar-refractivity contribution in [1.29, 1.82) is 0 Å². The van der Waals surface area contributed by atoms with Crippen LogP contribution in [0, 0.1) is 6.92 Å². The van der Waals surface area contributed by atoms with Crippen molar-refractivity contribution in [3.05, 3.63) is 53.6 Å². The van der Waals surface area contributed by atoms with Gasteiger partial charge in [0.15, 0.2) is 0 Å². The fourth-order valence-electron chi connectivity index (χ4n) is 3.73. The molecule has 35 heavy (non-hydrogen) atoms. The zero-order valence-corrected chi connectivity index (χ0v) is 22.0. The smallest absolute Gasteiger partial charge is 0.244 e. The van der Waals surface area contributed by atoms with Gasteiger partial charge in [-0.2, -0.15) is 0 Å². The second-order valence-corrected chi connectivity index (χ2v) is 10.0. The molecule has 0 fully saturated rings. The lowest BCUT2D eigenvalue weighted by Crippen LogP contribution is -2.52. The first kappa shape index (κ1) is 28.0. The minimum atomic E-state index is -3.85. The highest BCUT2D eigenvalue weighted by atomic mass is 32.2. The quantitative estimate of drug-likeness (QED) is 0.476. The Hall–Kier alpha value is -3.27. The number of nitrogens with one attached hydrogen (secondary N) is 1. The maximum atomic E-state index is 13.7. The molecule has 0 aliphatic carbocycles. The molecule has 2 aromatic carbocycles. The molecule has 9 nitrogen and oxygen atoms in total. The van der Waals surface area contributed by atoms with Gasteiger partial charge >= 0.3 is 0 Å². The van der Waals surface area contributed by atoms with Gasteiger partial charge in [-0.1, -0.05) is 25.1 Å². The third-order valence-corrected chi connectivity index (χ3v) is 6.66. The Balaban J connectivity index is 2.49. The first-order valence-electron chi connectivity index (χ1n) is 11.4. The van der Waals surface area contributed by atoms with Gasteiger partial charge in [-0.25, -0.2) is 8.42 Å². The van der Waals surface area contributed by atoms with E-state index in [4.69, 9.17) is 9.47 Å². The van der Waals surface area contributed by atoms with Gasteiger partial charge in [0.2, 0.25) is 21.8 Å². The molecule has 0 aliphatic rings. The summed E-state index contributed by atoms with van der Waals surface area (Å²) in [6, 6.07) is 11.5. The molecule has 192 valence electrons. The van der Waals surface area contributed by atoms with Gasteiger partial charge in [0, 0.05) is 13.1 Å². The molecule has 1 N–H and O–H groups in total. The molecule has 0 saturated carbocycles. The van der Waals surface area contributed by atoms with Crippen LogP contribution in [0.15, 0.2) is 42.5 Å². The second kappa shape index (κ2) is 12.4. The summed E-state index contributed by atoms with van der Waals surface area (Å²) in [7, 11) is -0.851. The molecule has 0 aromatic heterocycles. The number of sulfonamides is 1. The van der Waals surface area contributed by atoms with Crippen molar-refractivity contribution < 1.29 is 27.5 Å². The first-order valence-corrected chi connectivity index (χ1v) is 13.2. The molecule has 0 saturated heterocycles. The summed E-state index contributed by atoms with van der Waals surface area (Å²) in [6.07, 6.45) is 1.40. The monoisotopic (exact) mass is 505 g/mol. The zero-order valence-electron chi connectivity index (χ0n) is 21.2. The Morgan fingerprint density at radius 3 is 2.20 bits per heavy atom. The molecule has 2 amide bonds. The van der Waals surface area contributed by atoms with Crippen LogP contribution in [0.5, 0.6) is 11.5 Å². The van der Waals surface area contributed by atoms with E-state index in [0.29, 0.717) is 24.5 Å². The summed E-state index contributed by atoms with van der Waals surface area (Å²) in [4.78, 5) is 27.9. The number of rotatable bonds is 12. The number of methoxy groups -OCH3 is 2. The number of ether oxygens (including phenoxy) is 2. The molecule has 1 atom stereocenters. The zero-order chi connectivity index (χ0) is 26.2. The number of benzene rings is 2. The molecular weight excluding hydrogens is 470 g/mol. The molecule has 0 heterocycles. The van der Waals surface area contributed by atoms with Gasteiger partial charge < -0.3 is 19.7 Å². The molecule has 0 aliphatic heterocycles. The Labute approximate surface area is 208 Å². The number of amides is 2. The van der Waals surface area contributed by atoms with E-state index >= 15 is 0 Å². The van der Waals surface area contributed by atoms with Crippen LogP contribution >= 0.6 is 0 Å². The van der Waals surface area contributed by atoms with Crippen LogP contribution in [0.4, 0.5) is 5.69 Å². The molecule has 10 heteroatoms. The third kappa shape index (κ3) is 7.35. The average Bonchev–Trinajstić information content (AvgIpc) is 2.82. The van der Waals surface area contributed by atoms with E-state index in [1.165, 1.54) is 12.0 Å². The maximum Gasteiger partial charge on any atom is 0.244 e. The number of carbonyl (C=O) groups excluding carboxylic acids is 2. The number of nitrogens with zero attached hydrogens (tertiary/aromatic N) is 2. The lowest BCUT2D eigenvalue weighted by Gasteiger charge is -2.33. The SMILES string of the molecule is CCNC(=O)C(CC)N(Cc1ccc(OC)cc1)C(=O)CN(c1cc(C)ccc1OC)S(C)(=O)=O. The number of hydrogen-bond acceptors (Lipinski definition) is 6. The first-order chi connectivity index (χ1) is 16.5. The predicted molar refractivity (Wildman–Crippen MR) is 136 cm³/mol. The normalized spacial score (nSPS) is 11.9. The van der Waals surface area contributed by atoms with E-state index < -0.39 is 28.5 Å². The molecule has 0 bridgehead atoms. The van der Waals surface area contributed by atoms with Crippen LogP contribution in [0.2, 0.25) is 0 Å². The molecule has 1 unspecified atom stereocenters. The summed E-state index contributed by atoms with van der Waals surface area (Å²) in [5, 5.41) is 2.77. The van der Waals surface area contributed by atoms with Crippen molar-refractivity contribution >= 4 is 27.5 Å². The van der Waals surface area contributed by atoms with Gasteiger partial charge in [0.1, 0.15) is 24.1 Å². The van der Waals surface area contributed by atoms with E-state index in [9.17, 15) is 18.0 Å². The topological polar surface area (TPSA) is 105 Å². The number of anilines is 1. The molecular formula is C25H35N3O6S. The standard InChI is InChI=1S/C25H35N3O6S/c1-7-21(25(30)26-8-2)27(16-19-10-12-20(33-4)13-11-19)24(29)17-28(35(6,31)32)22-15-18(3)9-14-23(22)34-5/h9-15,21H,7-8,16-17H2,1-6H3,(H,26,30). The molecule has 2 rings (SSSR count). The van der Waals surface area contributed by atoms with Crippen molar-refractivity contribution in [1.82, 2.24) is 10.2 Å². The van der Waals surface area contributed by atoms with E-state index in [-0.39, 0.29) is 18.1 Å². The Bertz CT molecular complexity index is 1120. The van der Waals surface area contributed by atoms with Crippen molar-refractivity contribution in [3.8, 4) is 11.5 Å². The maximum absolute atomic E-state index is 13.7. The van der Waals surface area contributed by atoms with Crippen molar-refractivity contribution in [3.63, 3.8) is 0 Å². The second-order valence-electron chi connectivity index (χ2n) is 8.13. The molecule has 0 radical (unpaired) electrons. The summed E-state index contributed by atoms with van der Waals surface area (Å²) in [5.41, 5.74) is 1.85.